The second kappa shape index (κ2) is 13.9. The molecule has 0 aliphatic carbocycles. The Balaban J connectivity index is 0. The van der Waals surface area contributed by atoms with Crippen molar-refractivity contribution >= 4 is 5.97 Å². The van der Waals surface area contributed by atoms with Crippen molar-refractivity contribution in [3.8, 4) is 0 Å². The highest BCUT2D eigenvalue weighted by Gasteiger charge is 1.90. The van der Waals surface area contributed by atoms with E-state index < -0.39 is 5.97 Å². The molecular weight excluding hydrogens is 176 g/mol. The van der Waals surface area contributed by atoms with Crippen molar-refractivity contribution in [1.29, 1.82) is 0 Å². The van der Waals surface area contributed by atoms with Crippen molar-refractivity contribution in [3.63, 3.8) is 0 Å². The summed E-state index contributed by atoms with van der Waals surface area (Å²) < 4.78 is 0. The van der Waals surface area contributed by atoms with Crippen LogP contribution in [-0.2, 0) is 14.6 Å². The molecule has 80 valence electrons. The third-order valence-corrected chi connectivity index (χ3v) is 0.858. The van der Waals surface area contributed by atoms with Crippen LogP contribution >= 0.6 is 0 Å². The van der Waals surface area contributed by atoms with Crippen LogP contribution in [0.4, 0.5) is 0 Å². The Morgan fingerprint density at radius 1 is 1.31 bits per heavy atom. The predicted octanol–water partition coefficient (Wildman–Crippen LogP) is 0.252. The zero-order chi connectivity index (χ0) is 10.5. The van der Waals surface area contributed by atoms with Crippen molar-refractivity contribution in [2.24, 2.45) is 0 Å². The smallest absolute Gasteiger partial charge is 0.339 e. The Morgan fingerprint density at radius 3 is 2.15 bits per heavy atom. The predicted molar refractivity (Wildman–Crippen MR) is 46.8 cm³/mol. The molecule has 0 aromatic rings. The minimum atomic E-state index is -0.397. The van der Waals surface area contributed by atoms with Crippen LogP contribution in [-0.4, -0.2) is 36.0 Å². The van der Waals surface area contributed by atoms with E-state index in [9.17, 15) is 4.79 Å². The molecule has 0 saturated carbocycles. The molecule has 0 saturated heterocycles. The summed E-state index contributed by atoms with van der Waals surface area (Å²) in [5.41, 5.74) is 0. The molecule has 0 heterocycles. The number of unbranched alkanes of at least 4 members (excludes halogenated alkanes) is 1. The van der Waals surface area contributed by atoms with Crippen LogP contribution in [0.5, 0.6) is 0 Å². The average Bonchev–Trinajstić information content (AvgIpc) is 2.13. The maximum absolute atomic E-state index is 10.1. The van der Waals surface area contributed by atoms with E-state index in [2.05, 4.69) is 9.78 Å². The third kappa shape index (κ3) is 24.6. The largest absolute Gasteiger partial charge is 0.394 e. The summed E-state index contributed by atoms with van der Waals surface area (Å²) in [6.45, 7) is 3.60. The maximum Gasteiger partial charge on any atom is 0.339 e. The first-order valence-corrected chi connectivity index (χ1v) is 4.20. The molecular formula is C8H18O5. The quantitative estimate of drug-likeness (QED) is 0.373. The molecule has 0 amide bonds. The first-order chi connectivity index (χ1) is 6.18. The maximum atomic E-state index is 10.1. The average molecular weight is 194 g/mol. The van der Waals surface area contributed by atoms with E-state index in [0.717, 1.165) is 12.8 Å². The van der Waals surface area contributed by atoms with Gasteiger partial charge in [0.05, 0.1) is 19.8 Å². The number of hydrogen-bond donors (Lipinski definition) is 2. The summed E-state index contributed by atoms with van der Waals surface area (Å²) >= 11 is 0. The summed E-state index contributed by atoms with van der Waals surface area (Å²) in [7, 11) is 0. The number of aliphatic hydroxyl groups is 2. The van der Waals surface area contributed by atoms with Gasteiger partial charge in [0, 0.05) is 6.92 Å². The molecule has 0 spiro atoms. The van der Waals surface area contributed by atoms with Crippen molar-refractivity contribution < 1.29 is 24.8 Å². The zero-order valence-corrected chi connectivity index (χ0v) is 8.15. The van der Waals surface area contributed by atoms with Gasteiger partial charge in [-0.15, -0.1) is 0 Å². The van der Waals surface area contributed by atoms with Crippen LogP contribution in [0.25, 0.3) is 0 Å². The summed E-state index contributed by atoms with van der Waals surface area (Å²) in [5, 5.41) is 15.2. The van der Waals surface area contributed by atoms with Crippen molar-refractivity contribution in [1.82, 2.24) is 0 Å². The van der Waals surface area contributed by atoms with Crippen molar-refractivity contribution in [2.75, 3.05) is 19.8 Å². The van der Waals surface area contributed by atoms with Crippen molar-refractivity contribution in [2.45, 2.75) is 26.7 Å². The fourth-order valence-electron chi connectivity index (χ4n) is 0.328. The molecule has 0 rings (SSSR count). The Hall–Kier alpha value is -0.650. The Labute approximate surface area is 78.2 Å². The highest BCUT2D eigenvalue weighted by atomic mass is 17.2. The van der Waals surface area contributed by atoms with Gasteiger partial charge in [0.25, 0.3) is 0 Å². The molecule has 0 radical (unpaired) electrons. The van der Waals surface area contributed by atoms with E-state index in [1.807, 2.05) is 6.92 Å². The van der Waals surface area contributed by atoms with E-state index in [1.54, 1.807) is 0 Å². The van der Waals surface area contributed by atoms with Crippen LogP contribution in [0.1, 0.15) is 26.7 Å². The first-order valence-electron chi connectivity index (χ1n) is 4.20. The second-order valence-electron chi connectivity index (χ2n) is 2.20. The highest BCUT2D eigenvalue weighted by Crippen LogP contribution is 1.88. The molecule has 0 aromatic heterocycles. The summed E-state index contributed by atoms with van der Waals surface area (Å²) in [6, 6.07) is 0. The van der Waals surface area contributed by atoms with Gasteiger partial charge in [0.15, 0.2) is 0 Å². The van der Waals surface area contributed by atoms with Gasteiger partial charge in [-0.2, -0.15) is 4.89 Å². The molecule has 0 aromatic carbocycles. The molecule has 13 heavy (non-hydrogen) atoms. The molecule has 0 fully saturated rings. The lowest BCUT2D eigenvalue weighted by molar-refractivity contribution is -0.270. The lowest BCUT2D eigenvalue weighted by Gasteiger charge is -1.97. The van der Waals surface area contributed by atoms with Gasteiger partial charge in [-0.3, -0.25) is 4.89 Å². The lowest BCUT2D eigenvalue weighted by atomic mass is 10.4. The molecule has 5 nitrogen and oxygen atoms in total. The van der Waals surface area contributed by atoms with Gasteiger partial charge in [-0.05, 0) is 6.42 Å². The molecule has 0 aliphatic heterocycles. The number of aliphatic hydroxyl groups excluding tert-OH is 2. The normalized spacial score (nSPS) is 8.62. The second-order valence-corrected chi connectivity index (χ2v) is 2.20. The van der Waals surface area contributed by atoms with E-state index in [0.29, 0.717) is 6.61 Å². The van der Waals surface area contributed by atoms with Crippen LogP contribution in [0, 0.1) is 0 Å². The third-order valence-electron chi connectivity index (χ3n) is 0.858. The van der Waals surface area contributed by atoms with Crippen LogP contribution in [0.2, 0.25) is 0 Å². The van der Waals surface area contributed by atoms with E-state index >= 15 is 0 Å². The number of carbonyl (C=O) groups is 1. The molecule has 5 heteroatoms. The number of hydrogen-bond acceptors (Lipinski definition) is 5. The Kier molecular flexibility index (Phi) is 15.9. The van der Waals surface area contributed by atoms with Crippen LogP contribution in [0.15, 0.2) is 0 Å². The van der Waals surface area contributed by atoms with Gasteiger partial charge in [-0.25, -0.2) is 4.79 Å². The van der Waals surface area contributed by atoms with Crippen LogP contribution in [0.3, 0.4) is 0 Å². The lowest BCUT2D eigenvalue weighted by Crippen LogP contribution is -2.00. The van der Waals surface area contributed by atoms with Gasteiger partial charge in [-0.1, -0.05) is 13.3 Å². The molecule has 2 N–H and O–H groups in total. The summed E-state index contributed by atoms with van der Waals surface area (Å²) in [6.07, 6.45) is 1.97. The van der Waals surface area contributed by atoms with Gasteiger partial charge < -0.3 is 10.2 Å². The monoisotopic (exact) mass is 194 g/mol. The van der Waals surface area contributed by atoms with E-state index in [4.69, 9.17) is 10.2 Å². The van der Waals surface area contributed by atoms with Gasteiger partial charge >= 0.3 is 5.97 Å². The topological polar surface area (TPSA) is 76.0 Å². The standard InChI is InChI=1S/C6H12O3.C2H6O2/c1-3-4-5-8-9-6(2)7;3-1-2-4/h3-5H2,1-2H3;3-4H,1-2H2. The Bertz CT molecular complexity index is 103. The number of carbonyl (C=O) groups excluding carboxylic acids is 1. The van der Waals surface area contributed by atoms with Crippen LogP contribution < -0.4 is 0 Å². The molecule has 0 unspecified atom stereocenters. The van der Waals surface area contributed by atoms with E-state index in [-0.39, 0.29) is 13.2 Å². The van der Waals surface area contributed by atoms with E-state index in [1.165, 1.54) is 6.92 Å². The molecule has 0 atom stereocenters. The minimum Gasteiger partial charge on any atom is -0.394 e. The molecule has 0 aliphatic rings. The zero-order valence-electron chi connectivity index (χ0n) is 8.15. The summed E-state index contributed by atoms with van der Waals surface area (Å²) in [5.74, 6) is -0.397. The van der Waals surface area contributed by atoms with Gasteiger partial charge in [0.2, 0.25) is 0 Å². The minimum absolute atomic E-state index is 0.125. The van der Waals surface area contributed by atoms with Crippen molar-refractivity contribution in [3.05, 3.63) is 0 Å². The highest BCUT2D eigenvalue weighted by molar-refractivity contribution is 5.65. The molecule has 0 bridgehead atoms. The fraction of sp³-hybridized carbons (Fsp3) is 0.875. The SMILES string of the molecule is CCCCOOC(C)=O.OCCO. The first kappa shape index (κ1) is 14.9. The fourth-order valence-corrected chi connectivity index (χ4v) is 0.328. The number of rotatable bonds is 5. The summed E-state index contributed by atoms with van der Waals surface area (Å²) in [4.78, 5) is 18.8. The Morgan fingerprint density at radius 2 is 1.85 bits per heavy atom. The van der Waals surface area contributed by atoms with Gasteiger partial charge in [0.1, 0.15) is 0 Å².